The first-order valence-electron chi connectivity index (χ1n) is 6.85. The van der Waals surface area contributed by atoms with Crippen LogP contribution in [0.2, 0.25) is 0 Å². The molecule has 1 heterocycles. The van der Waals surface area contributed by atoms with Crippen molar-refractivity contribution in [2.24, 2.45) is 5.41 Å². The summed E-state index contributed by atoms with van der Waals surface area (Å²) in [4.78, 5) is 23.4. The minimum atomic E-state index is -1.59. The smallest absolute Gasteiger partial charge is 0.323 e. The van der Waals surface area contributed by atoms with Crippen LogP contribution >= 0.6 is 0 Å². The second-order valence-electron chi connectivity index (χ2n) is 4.83. The van der Waals surface area contributed by atoms with Gasteiger partial charge in [0.2, 0.25) is 0 Å². The number of nitrogens with zero attached hydrogens (tertiary/aromatic N) is 2. The Morgan fingerprint density at radius 3 is 2.50 bits per heavy atom. The Balaban J connectivity index is 3.10. The second-order valence-corrected chi connectivity index (χ2v) is 4.83. The monoisotopic (exact) mass is 282 g/mol. The lowest BCUT2D eigenvalue weighted by molar-refractivity contribution is -0.167. The summed E-state index contributed by atoms with van der Waals surface area (Å²) in [6.07, 6.45) is 0.838. The first-order valence-corrected chi connectivity index (χ1v) is 6.85. The van der Waals surface area contributed by atoms with Crippen molar-refractivity contribution in [1.29, 1.82) is 0 Å². The number of aryl methyl sites for hydroxylation is 2. The zero-order chi connectivity index (χ0) is 15.3. The quantitative estimate of drug-likeness (QED) is 0.607. The predicted octanol–water partition coefficient (Wildman–Crippen LogP) is 1.66. The lowest BCUT2D eigenvalue weighted by atomic mass is 9.85. The van der Waals surface area contributed by atoms with E-state index in [1.54, 1.807) is 11.6 Å². The molecule has 0 bridgehead atoms. The lowest BCUT2D eigenvalue weighted by Crippen LogP contribution is -2.40. The van der Waals surface area contributed by atoms with Gasteiger partial charge in [-0.25, -0.2) is 0 Å². The van der Waals surface area contributed by atoms with Gasteiger partial charge in [0.25, 0.3) is 0 Å². The van der Waals surface area contributed by atoms with E-state index in [2.05, 4.69) is 5.10 Å². The van der Waals surface area contributed by atoms with Gasteiger partial charge >= 0.3 is 11.9 Å². The van der Waals surface area contributed by atoms with Gasteiger partial charge in [-0.2, -0.15) is 5.10 Å². The highest BCUT2D eigenvalue weighted by Crippen LogP contribution is 2.26. The number of rotatable bonds is 7. The molecule has 6 nitrogen and oxygen atoms in total. The van der Waals surface area contributed by atoms with Crippen LogP contribution < -0.4 is 0 Å². The molecule has 0 radical (unpaired) electrons. The van der Waals surface area contributed by atoms with E-state index in [1.165, 1.54) is 6.92 Å². The van der Waals surface area contributed by atoms with E-state index in [1.807, 2.05) is 19.9 Å². The Hall–Kier alpha value is -1.85. The molecule has 0 aliphatic heterocycles. The minimum absolute atomic E-state index is 0.0714. The summed E-state index contributed by atoms with van der Waals surface area (Å²) < 4.78 is 6.63. The number of carboxylic acids is 1. The molecule has 6 heteroatoms. The van der Waals surface area contributed by atoms with Gasteiger partial charge in [0, 0.05) is 18.7 Å². The number of hydrogen-bond donors (Lipinski definition) is 1. The highest BCUT2D eigenvalue weighted by atomic mass is 16.5. The van der Waals surface area contributed by atoms with Gasteiger partial charge in [0.1, 0.15) is 0 Å². The molecule has 0 aromatic carbocycles. The van der Waals surface area contributed by atoms with Gasteiger partial charge < -0.3 is 9.84 Å². The number of aliphatic carboxylic acids is 1. The van der Waals surface area contributed by atoms with Crippen LogP contribution in [0.4, 0.5) is 0 Å². The lowest BCUT2D eigenvalue weighted by Gasteiger charge is -2.22. The molecule has 0 saturated carbocycles. The minimum Gasteiger partial charge on any atom is -0.480 e. The summed E-state index contributed by atoms with van der Waals surface area (Å²) in [6, 6.07) is 1.85. The molecule has 0 fully saturated rings. The first-order chi connectivity index (χ1) is 9.38. The Morgan fingerprint density at radius 1 is 1.40 bits per heavy atom. The molecule has 20 heavy (non-hydrogen) atoms. The van der Waals surface area contributed by atoms with Crippen molar-refractivity contribution in [3.63, 3.8) is 0 Å². The van der Waals surface area contributed by atoms with Crippen LogP contribution in [-0.4, -0.2) is 33.4 Å². The van der Waals surface area contributed by atoms with Crippen LogP contribution in [0.3, 0.4) is 0 Å². The molecule has 0 aliphatic rings. The van der Waals surface area contributed by atoms with Gasteiger partial charge in [-0.3, -0.25) is 14.3 Å². The van der Waals surface area contributed by atoms with Crippen LogP contribution in [-0.2, 0) is 33.7 Å². The molecule has 1 N–H and O–H groups in total. The van der Waals surface area contributed by atoms with Gasteiger partial charge in [-0.05, 0) is 33.3 Å². The van der Waals surface area contributed by atoms with E-state index in [9.17, 15) is 14.7 Å². The van der Waals surface area contributed by atoms with Gasteiger partial charge in [0.05, 0.1) is 12.3 Å². The summed E-state index contributed by atoms with van der Waals surface area (Å²) in [5.74, 6) is -1.90. The molecule has 0 saturated heterocycles. The average Bonchev–Trinajstić information content (AvgIpc) is 2.80. The van der Waals surface area contributed by atoms with Crippen molar-refractivity contribution in [2.75, 3.05) is 6.61 Å². The first kappa shape index (κ1) is 16.2. The summed E-state index contributed by atoms with van der Waals surface area (Å²) in [7, 11) is 0. The highest BCUT2D eigenvalue weighted by Gasteiger charge is 2.43. The number of ether oxygens (including phenoxy) is 1. The second kappa shape index (κ2) is 6.54. The zero-order valence-electron chi connectivity index (χ0n) is 12.5. The fourth-order valence-electron chi connectivity index (χ4n) is 1.99. The number of carboxylic acid groups (broad SMARTS) is 1. The van der Waals surface area contributed by atoms with E-state index >= 15 is 0 Å². The van der Waals surface area contributed by atoms with Gasteiger partial charge in [0.15, 0.2) is 5.41 Å². The summed E-state index contributed by atoms with van der Waals surface area (Å²) in [5, 5.41) is 13.8. The number of hydrogen-bond acceptors (Lipinski definition) is 4. The van der Waals surface area contributed by atoms with Crippen molar-refractivity contribution in [1.82, 2.24) is 9.78 Å². The number of esters is 1. The SMILES string of the molecule is CCOC(=O)C(C)(Cc1cc(CC)nn1CC)C(=O)O. The maximum Gasteiger partial charge on any atom is 0.323 e. The molecule has 1 atom stereocenters. The van der Waals surface area contributed by atoms with Gasteiger partial charge in [-0.15, -0.1) is 0 Å². The topological polar surface area (TPSA) is 81.4 Å². The van der Waals surface area contributed by atoms with E-state index < -0.39 is 17.4 Å². The van der Waals surface area contributed by atoms with Crippen molar-refractivity contribution >= 4 is 11.9 Å². The Kier molecular flexibility index (Phi) is 5.30. The molecule has 1 aromatic heterocycles. The van der Waals surface area contributed by atoms with Crippen LogP contribution in [0, 0.1) is 5.41 Å². The van der Waals surface area contributed by atoms with Crippen molar-refractivity contribution in [3.05, 3.63) is 17.5 Å². The van der Waals surface area contributed by atoms with E-state index in [-0.39, 0.29) is 13.0 Å². The average molecular weight is 282 g/mol. The molecule has 0 aliphatic carbocycles. The molecule has 0 amide bonds. The Morgan fingerprint density at radius 2 is 2.05 bits per heavy atom. The molecular formula is C14H22N2O4. The fourth-order valence-corrected chi connectivity index (χ4v) is 1.99. The Labute approximate surface area is 118 Å². The van der Waals surface area contributed by atoms with E-state index in [0.717, 1.165) is 17.8 Å². The number of carbonyl (C=O) groups is 2. The summed E-state index contributed by atoms with van der Waals surface area (Å²) in [6.45, 7) is 7.76. The molecular weight excluding hydrogens is 260 g/mol. The summed E-state index contributed by atoms with van der Waals surface area (Å²) >= 11 is 0. The van der Waals surface area contributed by atoms with Crippen LogP contribution in [0.1, 0.15) is 39.1 Å². The maximum atomic E-state index is 12.0. The van der Waals surface area contributed by atoms with E-state index in [0.29, 0.717) is 6.54 Å². The normalized spacial score (nSPS) is 13.8. The van der Waals surface area contributed by atoms with Crippen LogP contribution in [0.15, 0.2) is 6.07 Å². The van der Waals surface area contributed by atoms with Crippen molar-refractivity contribution < 1.29 is 19.4 Å². The third-order valence-corrected chi connectivity index (χ3v) is 3.31. The molecule has 112 valence electrons. The highest BCUT2D eigenvalue weighted by molar-refractivity contribution is 5.98. The standard InChI is InChI=1S/C14H22N2O4/c1-5-10-8-11(16(6-2)15-10)9-14(4,12(17)18)13(19)20-7-3/h8H,5-7,9H2,1-4H3,(H,17,18). The molecule has 1 unspecified atom stereocenters. The third-order valence-electron chi connectivity index (χ3n) is 3.31. The predicted molar refractivity (Wildman–Crippen MR) is 73.4 cm³/mol. The van der Waals surface area contributed by atoms with Crippen molar-refractivity contribution in [3.8, 4) is 0 Å². The van der Waals surface area contributed by atoms with Crippen LogP contribution in [0.5, 0.6) is 0 Å². The molecule has 1 aromatic rings. The van der Waals surface area contributed by atoms with Gasteiger partial charge in [-0.1, -0.05) is 6.92 Å². The maximum absolute atomic E-state index is 12.0. The van der Waals surface area contributed by atoms with E-state index in [4.69, 9.17) is 4.74 Å². The molecule has 1 rings (SSSR count). The summed E-state index contributed by atoms with van der Waals surface area (Å²) in [5.41, 5.74) is 0.0364. The van der Waals surface area contributed by atoms with Crippen molar-refractivity contribution in [2.45, 2.75) is 47.1 Å². The fraction of sp³-hybridized carbons (Fsp3) is 0.643. The largest absolute Gasteiger partial charge is 0.480 e. The molecule has 0 spiro atoms. The number of aromatic nitrogens is 2. The zero-order valence-corrected chi connectivity index (χ0v) is 12.5. The van der Waals surface area contributed by atoms with Crippen LogP contribution in [0.25, 0.3) is 0 Å². The number of carbonyl (C=O) groups excluding carboxylic acids is 1. The third kappa shape index (κ3) is 3.18. The Bertz CT molecular complexity index is 495.